The summed E-state index contributed by atoms with van der Waals surface area (Å²) in [6.07, 6.45) is 0. The van der Waals surface area contributed by atoms with Gasteiger partial charge in [0, 0.05) is 11.3 Å². The Morgan fingerprint density at radius 3 is 2.80 bits per heavy atom. The molecule has 1 aromatic heterocycles. The van der Waals surface area contributed by atoms with Crippen LogP contribution in [0.15, 0.2) is 24.3 Å². The van der Waals surface area contributed by atoms with E-state index in [1.54, 1.807) is 12.1 Å². The van der Waals surface area contributed by atoms with Gasteiger partial charge in [-0.1, -0.05) is 11.6 Å². The Morgan fingerprint density at radius 2 is 2.13 bits per heavy atom. The summed E-state index contributed by atoms with van der Waals surface area (Å²) in [5, 5.41) is 10.2. The summed E-state index contributed by atoms with van der Waals surface area (Å²) in [5.74, 6) is 0.382. The zero-order chi connectivity index (χ0) is 10.8. The Balaban J connectivity index is 2.82. The summed E-state index contributed by atoms with van der Waals surface area (Å²) in [5.41, 5.74) is 2.04. The smallest absolute Gasteiger partial charge is 0.129 e. The van der Waals surface area contributed by atoms with E-state index in [0.29, 0.717) is 22.1 Å². The molecule has 74 valence electrons. The van der Waals surface area contributed by atoms with Crippen LogP contribution in [0, 0.1) is 11.3 Å². The highest BCUT2D eigenvalue weighted by Crippen LogP contribution is 2.21. The number of pyridine rings is 1. The highest BCUT2D eigenvalue weighted by Gasteiger charge is 2.05. The van der Waals surface area contributed by atoms with Gasteiger partial charge >= 0.3 is 0 Å². The normalized spacial score (nSPS) is 10.2. The Kier molecular flexibility index (Phi) is 2.77. The van der Waals surface area contributed by atoms with Crippen molar-refractivity contribution in [3.05, 3.63) is 40.5 Å². The molecule has 0 aliphatic rings. The lowest BCUT2D eigenvalue weighted by atomic mass is 10.1. The van der Waals surface area contributed by atoms with Crippen molar-refractivity contribution >= 4 is 34.1 Å². The van der Waals surface area contributed by atoms with Crippen molar-refractivity contribution in [3.63, 3.8) is 0 Å². The molecular formula is C11H6Cl2N2. The van der Waals surface area contributed by atoms with Gasteiger partial charge in [-0.15, -0.1) is 11.6 Å². The van der Waals surface area contributed by atoms with Gasteiger partial charge in [0.25, 0.3) is 0 Å². The number of rotatable bonds is 1. The molecule has 15 heavy (non-hydrogen) atoms. The van der Waals surface area contributed by atoms with E-state index < -0.39 is 0 Å². The maximum Gasteiger partial charge on any atom is 0.129 e. The molecule has 0 aliphatic heterocycles. The Bertz CT molecular complexity index is 558. The summed E-state index contributed by atoms with van der Waals surface area (Å²) in [4.78, 5) is 4.12. The summed E-state index contributed by atoms with van der Waals surface area (Å²) >= 11 is 11.5. The van der Waals surface area contributed by atoms with E-state index in [0.717, 1.165) is 10.9 Å². The third-order valence-electron chi connectivity index (χ3n) is 2.09. The summed E-state index contributed by atoms with van der Waals surface area (Å²) in [6, 6.07) is 9.27. The number of halogens is 2. The molecule has 0 saturated heterocycles. The molecule has 2 nitrogen and oxygen atoms in total. The zero-order valence-electron chi connectivity index (χ0n) is 7.67. The standard InChI is InChI=1S/C11H6Cl2N2/c12-5-7-3-8-1-2-10(13)15-11(8)9(4-7)6-14/h1-4H,5H2. The molecule has 0 spiro atoms. The van der Waals surface area contributed by atoms with Crippen molar-refractivity contribution < 1.29 is 0 Å². The molecule has 0 aliphatic carbocycles. The first kappa shape index (κ1) is 10.2. The third-order valence-corrected chi connectivity index (χ3v) is 2.61. The van der Waals surface area contributed by atoms with Gasteiger partial charge in [0.05, 0.1) is 11.1 Å². The van der Waals surface area contributed by atoms with Crippen LogP contribution in [-0.4, -0.2) is 4.98 Å². The fraction of sp³-hybridized carbons (Fsp3) is 0.0909. The van der Waals surface area contributed by atoms with Crippen molar-refractivity contribution in [2.75, 3.05) is 0 Å². The minimum atomic E-state index is 0.382. The second-order valence-corrected chi connectivity index (χ2v) is 3.75. The van der Waals surface area contributed by atoms with Gasteiger partial charge in [0.1, 0.15) is 11.2 Å². The van der Waals surface area contributed by atoms with Crippen molar-refractivity contribution in [1.82, 2.24) is 4.98 Å². The Morgan fingerprint density at radius 1 is 1.33 bits per heavy atom. The number of fused-ring (bicyclic) bond motifs is 1. The highest BCUT2D eigenvalue weighted by atomic mass is 35.5. The van der Waals surface area contributed by atoms with E-state index in [1.807, 2.05) is 12.1 Å². The lowest BCUT2D eigenvalue weighted by Crippen LogP contribution is -1.88. The van der Waals surface area contributed by atoms with Crippen LogP contribution < -0.4 is 0 Å². The lowest BCUT2D eigenvalue weighted by Gasteiger charge is -2.02. The van der Waals surface area contributed by atoms with Crippen molar-refractivity contribution in [2.24, 2.45) is 0 Å². The van der Waals surface area contributed by atoms with Crippen LogP contribution >= 0.6 is 23.2 Å². The molecule has 0 fully saturated rings. The molecule has 0 bridgehead atoms. The number of nitriles is 1. The fourth-order valence-electron chi connectivity index (χ4n) is 1.44. The SMILES string of the molecule is N#Cc1cc(CCl)cc2ccc(Cl)nc12. The molecule has 4 heteroatoms. The predicted molar refractivity (Wildman–Crippen MR) is 61.0 cm³/mol. The first-order valence-corrected chi connectivity index (χ1v) is 5.21. The molecule has 1 aromatic carbocycles. The quantitative estimate of drug-likeness (QED) is 0.562. The molecule has 2 aromatic rings. The number of aromatic nitrogens is 1. The molecule has 0 atom stereocenters. The van der Waals surface area contributed by atoms with Gasteiger partial charge in [-0.25, -0.2) is 4.98 Å². The predicted octanol–water partition coefficient (Wildman–Crippen LogP) is 3.50. The molecular weight excluding hydrogens is 231 g/mol. The summed E-state index contributed by atoms with van der Waals surface area (Å²) in [7, 11) is 0. The third kappa shape index (κ3) is 1.90. The largest absolute Gasteiger partial charge is 0.235 e. The van der Waals surface area contributed by atoms with Gasteiger partial charge in [0.2, 0.25) is 0 Å². The van der Waals surface area contributed by atoms with E-state index in [-0.39, 0.29) is 0 Å². The van der Waals surface area contributed by atoms with Gasteiger partial charge in [-0.3, -0.25) is 0 Å². The minimum Gasteiger partial charge on any atom is -0.235 e. The minimum absolute atomic E-state index is 0.382. The molecule has 2 rings (SSSR count). The molecule has 0 unspecified atom stereocenters. The number of benzene rings is 1. The molecule has 0 saturated carbocycles. The van der Waals surface area contributed by atoms with Crippen molar-refractivity contribution in [1.29, 1.82) is 5.26 Å². The van der Waals surface area contributed by atoms with Gasteiger partial charge in [0.15, 0.2) is 0 Å². The van der Waals surface area contributed by atoms with E-state index in [2.05, 4.69) is 11.1 Å². The van der Waals surface area contributed by atoms with Gasteiger partial charge < -0.3 is 0 Å². The van der Waals surface area contributed by atoms with Crippen LogP contribution in [0.2, 0.25) is 5.15 Å². The summed E-state index contributed by atoms with van der Waals surface area (Å²) < 4.78 is 0. The van der Waals surface area contributed by atoms with Gasteiger partial charge in [-0.05, 0) is 29.8 Å². The van der Waals surface area contributed by atoms with Crippen LogP contribution in [0.4, 0.5) is 0 Å². The van der Waals surface area contributed by atoms with Crippen LogP contribution in [0.1, 0.15) is 11.1 Å². The number of nitrogens with zero attached hydrogens (tertiary/aromatic N) is 2. The number of hydrogen-bond donors (Lipinski definition) is 0. The molecule has 1 heterocycles. The second kappa shape index (κ2) is 4.06. The fourth-order valence-corrected chi connectivity index (χ4v) is 1.74. The second-order valence-electron chi connectivity index (χ2n) is 3.09. The van der Waals surface area contributed by atoms with Crippen LogP contribution in [0.3, 0.4) is 0 Å². The number of alkyl halides is 1. The Labute approximate surface area is 97.1 Å². The Hall–Kier alpha value is -1.30. The van der Waals surface area contributed by atoms with E-state index in [9.17, 15) is 0 Å². The first-order chi connectivity index (χ1) is 7.24. The lowest BCUT2D eigenvalue weighted by molar-refractivity contribution is 1.35. The molecule has 0 N–H and O–H groups in total. The average molecular weight is 237 g/mol. The highest BCUT2D eigenvalue weighted by molar-refractivity contribution is 6.29. The van der Waals surface area contributed by atoms with Crippen LogP contribution in [0.25, 0.3) is 10.9 Å². The van der Waals surface area contributed by atoms with E-state index >= 15 is 0 Å². The van der Waals surface area contributed by atoms with Crippen LogP contribution in [0.5, 0.6) is 0 Å². The monoisotopic (exact) mass is 236 g/mol. The van der Waals surface area contributed by atoms with Crippen molar-refractivity contribution in [3.8, 4) is 6.07 Å². The van der Waals surface area contributed by atoms with E-state index in [1.165, 1.54) is 0 Å². The van der Waals surface area contributed by atoms with Crippen LogP contribution in [-0.2, 0) is 5.88 Å². The topological polar surface area (TPSA) is 36.7 Å². The summed E-state index contributed by atoms with van der Waals surface area (Å²) in [6.45, 7) is 0. The zero-order valence-corrected chi connectivity index (χ0v) is 9.18. The molecule has 0 amide bonds. The molecule has 0 radical (unpaired) electrons. The van der Waals surface area contributed by atoms with E-state index in [4.69, 9.17) is 28.5 Å². The maximum atomic E-state index is 8.97. The van der Waals surface area contributed by atoms with Gasteiger partial charge in [-0.2, -0.15) is 5.26 Å². The maximum absolute atomic E-state index is 8.97. The van der Waals surface area contributed by atoms with Crippen molar-refractivity contribution in [2.45, 2.75) is 5.88 Å². The first-order valence-electron chi connectivity index (χ1n) is 4.30. The number of hydrogen-bond acceptors (Lipinski definition) is 2. The average Bonchev–Trinajstić information content (AvgIpc) is 2.27.